The Balaban J connectivity index is 1.47. The Morgan fingerprint density at radius 3 is 2.80 bits per heavy atom. The van der Waals surface area contributed by atoms with E-state index in [9.17, 15) is 9.59 Å². The predicted octanol–water partition coefficient (Wildman–Crippen LogP) is 0.477. The number of hydrogen-bond acceptors (Lipinski definition) is 7. The van der Waals surface area contributed by atoms with Crippen LogP contribution in [0.15, 0.2) is 54.0 Å². The SMILES string of the molecule is N=c1c(C(=O)NCCN2CCOCC2)cc2c(=O)n3ccccc3nc2n1CCCn1ccnc1. The van der Waals surface area contributed by atoms with Crippen LogP contribution in [0.1, 0.15) is 16.8 Å². The Morgan fingerprint density at radius 1 is 1.14 bits per heavy atom. The van der Waals surface area contributed by atoms with Crippen molar-refractivity contribution in [2.45, 2.75) is 19.5 Å². The molecule has 11 heteroatoms. The minimum atomic E-state index is -0.369. The maximum atomic E-state index is 13.3. The molecule has 0 bridgehead atoms. The molecule has 1 aliphatic rings. The first kappa shape index (κ1) is 22.9. The monoisotopic (exact) mass is 476 g/mol. The normalized spacial score (nSPS) is 14.5. The molecule has 0 radical (unpaired) electrons. The van der Waals surface area contributed by atoms with Gasteiger partial charge in [0.15, 0.2) is 0 Å². The number of morpholine rings is 1. The molecule has 0 unspecified atom stereocenters. The van der Waals surface area contributed by atoms with E-state index in [0.717, 1.165) is 13.1 Å². The third-order valence-corrected chi connectivity index (χ3v) is 6.24. The highest BCUT2D eigenvalue weighted by Gasteiger charge is 2.18. The standard InChI is InChI=1S/C24H28N8O3/c25-21-18(23(33)27-6-11-29-12-14-35-15-13-29)16-19-22(28-20-4-1-2-8-31(20)24(19)34)32(21)9-3-7-30-10-5-26-17-30/h1-2,4-5,8,10,16-17,25H,3,6-7,9,11-15H2,(H,27,33). The summed E-state index contributed by atoms with van der Waals surface area (Å²) < 4.78 is 10.4. The lowest BCUT2D eigenvalue weighted by Gasteiger charge is -2.26. The van der Waals surface area contributed by atoms with Crippen LogP contribution in [0.25, 0.3) is 16.7 Å². The van der Waals surface area contributed by atoms with E-state index in [0.29, 0.717) is 62.5 Å². The average molecular weight is 477 g/mol. The van der Waals surface area contributed by atoms with Crippen LogP contribution in [0.4, 0.5) is 0 Å². The third kappa shape index (κ3) is 4.86. The Kier molecular flexibility index (Phi) is 6.68. The second kappa shape index (κ2) is 10.2. The van der Waals surface area contributed by atoms with Crippen LogP contribution in [0.3, 0.4) is 0 Å². The molecule has 1 aliphatic heterocycles. The van der Waals surface area contributed by atoms with Gasteiger partial charge >= 0.3 is 0 Å². The summed E-state index contributed by atoms with van der Waals surface area (Å²) in [5.41, 5.74) is 0.838. The fourth-order valence-electron chi connectivity index (χ4n) is 4.36. The van der Waals surface area contributed by atoms with E-state index in [2.05, 4.69) is 20.2 Å². The summed E-state index contributed by atoms with van der Waals surface area (Å²) in [6.45, 7) is 5.33. The van der Waals surface area contributed by atoms with Gasteiger partial charge in [-0.2, -0.15) is 0 Å². The third-order valence-electron chi connectivity index (χ3n) is 6.24. The number of aromatic nitrogens is 5. The lowest BCUT2D eigenvalue weighted by Crippen LogP contribution is -2.42. The first-order valence-corrected chi connectivity index (χ1v) is 11.8. The first-order chi connectivity index (χ1) is 17.1. The molecule has 182 valence electrons. The quantitative estimate of drug-likeness (QED) is 0.357. The molecule has 5 heterocycles. The number of fused-ring (bicyclic) bond motifs is 2. The van der Waals surface area contributed by atoms with Gasteiger partial charge in [0.25, 0.3) is 11.5 Å². The van der Waals surface area contributed by atoms with Crippen LogP contribution < -0.4 is 16.4 Å². The van der Waals surface area contributed by atoms with Crippen molar-refractivity contribution < 1.29 is 9.53 Å². The molecule has 4 aromatic heterocycles. The van der Waals surface area contributed by atoms with Gasteiger partial charge < -0.3 is 19.2 Å². The molecule has 0 atom stereocenters. The number of hydrogen-bond donors (Lipinski definition) is 2. The number of ether oxygens (including phenoxy) is 1. The highest BCUT2D eigenvalue weighted by atomic mass is 16.5. The van der Waals surface area contributed by atoms with Crippen molar-refractivity contribution >= 4 is 22.6 Å². The van der Waals surface area contributed by atoms with Gasteiger partial charge in [-0.15, -0.1) is 0 Å². The number of carbonyl (C=O) groups excluding carboxylic acids is 1. The largest absolute Gasteiger partial charge is 0.379 e. The Morgan fingerprint density at radius 2 is 2.00 bits per heavy atom. The molecule has 1 amide bonds. The van der Waals surface area contributed by atoms with E-state index in [4.69, 9.17) is 10.1 Å². The summed E-state index contributed by atoms with van der Waals surface area (Å²) >= 11 is 0. The molecule has 4 aromatic rings. The molecular formula is C24H28N8O3. The number of nitrogens with zero attached hydrogens (tertiary/aromatic N) is 6. The number of carbonyl (C=O) groups is 1. The zero-order valence-corrected chi connectivity index (χ0v) is 19.4. The molecule has 5 rings (SSSR count). The fraction of sp³-hybridized carbons (Fsp3) is 0.375. The van der Waals surface area contributed by atoms with Crippen molar-refractivity contribution in [1.82, 2.24) is 33.7 Å². The van der Waals surface area contributed by atoms with Crippen molar-refractivity contribution in [2.24, 2.45) is 0 Å². The van der Waals surface area contributed by atoms with Gasteiger partial charge in [-0.1, -0.05) is 6.07 Å². The Bertz CT molecular complexity index is 1450. The molecule has 0 saturated carbocycles. The highest BCUT2D eigenvalue weighted by molar-refractivity contribution is 5.96. The van der Waals surface area contributed by atoms with Crippen LogP contribution in [0.5, 0.6) is 0 Å². The van der Waals surface area contributed by atoms with Crippen molar-refractivity contribution in [3.05, 3.63) is 70.6 Å². The second-order valence-corrected chi connectivity index (χ2v) is 8.51. The zero-order valence-electron chi connectivity index (χ0n) is 19.4. The summed E-state index contributed by atoms with van der Waals surface area (Å²) in [7, 11) is 0. The molecule has 2 N–H and O–H groups in total. The second-order valence-electron chi connectivity index (χ2n) is 8.51. The molecule has 0 aliphatic carbocycles. The summed E-state index contributed by atoms with van der Waals surface area (Å²) in [5.74, 6) is -0.369. The van der Waals surface area contributed by atoms with E-state index < -0.39 is 0 Å². The minimum absolute atomic E-state index is 0.0409. The van der Waals surface area contributed by atoms with Gasteiger partial charge in [-0.25, -0.2) is 9.97 Å². The van der Waals surface area contributed by atoms with Gasteiger partial charge in [0.05, 0.1) is 30.5 Å². The predicted molar refractivity (Wildman–Crippen MR) is 129 cm³/mol. The molecular weight excluding hydrogens is 448 g/mol. The summed E-state index contributed by atoms with van der Waals surface area (Å²) in [6, 6.07) is 6.84. The van der Waals surface area contributed by atoms with Gasteiger partial charge in [0.1, 0.15) is 16.8 Å². The Labute approximate surface area is 201 Å². The van der Waals surface area contributed by atoms with E-state index in [1.807, 2.05) is 16.8 Å². The first-order valence-electron chi connectivity index (χ1n) is 11.8. The van der Waals surface area contributed by atoms with Crippen molar-refractivity contribution in [3.63, 3.8) is 0 Å². The number of nitrogens with one attached hydrogen (secondary N) is 2. The van der Waals surface area contributed by atoms with Crippen LogP contribution in [-0.4, -0.2) is 73.7 Å². The molecule has 35 heavy (non-hydrogen) atoms. The number of aryl methyl sites for hydroxylation is 2. The van der Waals surface area contributed by atoms with Crippen LogP contribution in [0.2, 0.25) is 0 Å². The fourth-order valence-corrected chi connectivity index (χ4v) is 4.36. The lowest BCUT2D eigenvalue weighted by molar-refractivity contribution is 0.0383. The molecule has 1 saturated heterocycles. The van der Waals surface area contributed by atoms with E-state index in [1.54, 1.807) is 35.4 Å². The minimum Gasteiger partial charge on any atom is -0.379 e. The van der Waals surface area contributed by atoms with Crippen LogP contribution in [-0.2, 0) is 17.8 Å². The van der Waals surface area contributed by atoms with E-state index >= 15 is 0 Å². The topological polar surface area (TPSA) is 123 Å². The number of amides is 1. The maximum absolute atomic E-state index is 13.3. The van der Waals surface area contributed by atoms with Gasteiger partial charge in [-0.05, 0) is 24.6 Å². The van der Waals surface area contributed by atoms with Crippen molar-refractivity contribution in [1.29, 1.82) is 5.41 Å². The lowest BCUT2D eigenvalue weighted by atomic mass is 10.2. The van der Waals surface area contributed by atoms with Crippen molar-refractivity contribution in [3.8, 4) is 0 Å². The molecule has 0 spiro atoms. The van der Waals surface area contributed by atoms with E-state index in [-0.39, 0.29) is 22.5 Å². The highest BCUT2D eigenvalue weighted by Crippen LogP contribution is 2.11. The zero-order chi connectivity index (χ0) is 24.2. The Hall–Kier alpha value is -3.83. The van der Waals surface area contributed by atoms with Gasteiger partial charge in [0, 0.05) is 57.9 Å². The molecule has 0 aromatic carbocycles. The van der Waals surface area contributed by atoms with Gasteiger partial charge in [0.2, 0.25) is 0 Å². The summed E-state index contributed by atoms with van der Waals surface area (Å²) in [5, 5.41) is 12.1. The van der Waals surface area contributed by atoms with E-state index in [1.165, 1.54) is 10.5 Å². The number of rotatable bonds is 8. The average Bonchev–Trinajstić information content (AvgIpc) is 3.40. The number of pyridine rings is 2. The maximum Gasteiger partial charge on any atom is 0.267 e. The van der Waals surface area contributed by atoms with Crippen LogP contribution >= 0.6 is 0 Å². The van der Waals surface area contributed by atoms with Crippen molar-refractivity contribution in [2.75, 3.05) is 39.4 Å². The molecule has 11 nitrogen and oxygen atoms in total. The molecule has 1 fully saturated rings. The number of imidazole rings is 1. The summed E-state index contributed by atoms with van der Waals surface area (Å²) in [6.07, 6.45) is 7.67. The smallest absolute Gasteiger partial charge is 0.267 e. The van der Waals surface area contributed by atoms with Gasteiger partial charge in [-0.3, -0.25) is 24.3 Å². The van der Waals surface area contributed by atoms with Crippen LogP contribution in [0, 0.1) is 5.41 Å². The summed E-state index contributed by atoms with van der Waals surface area (Å²) in [4.78, 5) is 37.4.